The number of esters is 1. The summed E-state index contributed by atoms with van der Waals surface area (Å²) in [4.78, 5) is 38.2. The van der Waals surface area contributed by atoms with Gasteiger partial charge in [0.1, 0.15) is 6.54 Å². The van der Waals surface area contributed by atoms with Crippen LogP contribution in [0.25, 0.3) is 0 Å². The lowest BCUT2D eigenvalue weighted by atomic mass is 10.1. The number of ether oxygens (including phenoxy) is 1. The number of anilines is 1. The van der Waals surface area contributed by atoms with Crippen LogP contribution in [0.3, 0.4) is 0 Å². The van der Waals surface area contributed by atoms with Crippen molar-refractivity contribution in [2.75, 3.05) is 32.1 Å². The van der Waals surface area contributed by atoms with E-state index in [1.807, 2.05) is 0 Å². The average molecular weight is 292 g/mol. The molecule has 0 heterocycles. The molecule has 0 saturated carbocycles. The Kier molecular flexibility index (Phi) is 5.90. The van der Waals surface area contributed by atoms with E-state index in [2.05, 4.69) is 4.74 Å². The molecule has 2 amide bonds. The van der Waals surface area contributed by atoms with Crippen LogP contribution in [0.5, 0.6) is 0 Å². The molecule has 1 aromatic rings. The lowest BCUT2D eigenvalue weighted by Crippen LogP contribution is -2.37. The molecule has 21 heavy (non-hydrogen) atoms. The maximum atomic E-state index is 12.6. The van der Waals surface area contributed by atoms with Gasteiger partial charge in [0.15, 0.2) is 0 Å². The maximum absolute atomic E-state index is 12.6. The van der Waals surface area contributed by atoms with Crippen LogP contribution in [0.1, 0.15) is 24.2 Å². The van der Waals surface area contributed by atoms with E-state index in [-0.39, 0.29) is 18.4 Å². The fraction of sp³-hybridized carbons (Fsp3) is 0.400. The highest BCUT2D eigenvalue weighted by Crippen LogP contribution is 2.21. The lowest BCUT2D eigenvalue weighted by Gasteiger charge is -2.23. The minimum Gasteiger partial charge on any atom is -0.468 e. The van der Waals surface area contributed by atoms with Crippen molar-refractivity contribution in [3.63, 3.8) is 0 Å². The predicted octanol–water partition coefficient (Wildman–Crippen LogP) is 1.30. The summed E-state index contributed by atoms with van der Waals surface area (Å²) >= 11 is 0. The molecule has 0 spiro atoms. The molecule has 6 heteroatoms. The first-order chi connectivity index (χ1) is 9.92. The Morgan fingerprint density at radius 3 is 2.33 bits per heavy atom. The van der Waals surface area contributed by atoms with Gasteiger partial charge in [-0.3, -0.25) is 14.4 Å². The minimum absolute atomic E-state index is 0.121. The second kappa shape index (κ2) is 7.42. The van der Waals surface area contributed by atoms with E-state index in [1.54, 1.807) is 38.2 Å². The van der Waals surface area contributed by atoms with Crippen molar-refractivity contribution in [2.24, 2.45) is 0 Å². The zero-order valence-corrected chi connectivity index (χ0v) is 12.8. The summed E-state index contributed by atoms with van der Waals surface area (Å²) in [6.07, 6.45) is 0. The third-order valence-electron chi connectivity index (χ3n) is 3.18. The number of benzene rings is 1. The molecule has 0 N–H and O–H groups in total. The van der Waals surface area contributed by atoms with Crippen molar-refractivity contribution < 1.29 is 19.1 Å². The molecule has 0 bridgehead atoms. The molecule has 0 aliphatic heterocycles. The van der Waals surface area contributed by atoms with E-state index in [0.29, 0.717) is 17.8 Å². The van der Waals surface area contributed by atoms with Crippen molar-refractivity contribution in [3.05, 3.63) is 29.8 Å². The highest BCUT2D eigenvalue weighted by molar-refractivity contribution is 6.04. The zero-order chi connectivity index (χ0) is 16.0. The van der Waals surface area contributed by atoms with Crippen LogP contribution >= 0.6 is 0 Å². The standard InChI is InChI=1S/C15H20N2O4/c1-5-17(10-14(19)21-4)15(20)12-8-6-7-9-13(12)16(3)11(2)18/h6-9H,5,10H2,1-4H3. The van der Waals surface area contributed by atoms with Gasteiger partial charge in [-0.2, -0.15) is 0 Å². The monoisotopic (exact) mass is 292 g/mol. The lowest BCUT2D eigenvalue weighted by molar-refractivity contribution is -0.141. The van der Waals surface area contributed by atoms with E-state index >= 15 is 0 Å². The molecule has 0 unspecified atom stereocenters. The second-order valence-corrected chi connectivity index (χ2v) is 4.49. The molecule has 0 aliphatic carbocycles. The minimum atomic E-state index is -0.484. The quantitative estimate of drug-likeness (QED) is 0.767. The van der Waals surface area contributed by atoms with Gasteiger partial charge < -0.3 is 14.5 Å². The van der Waals surface area contributed by atoms with E-state index < -0.39 is 5.97 Å². The van der Waals surface area contributed by atoms with Gasteiger partial charge in [-0.25, -0.2) is 0 Å². The first-order valence-electron chi connectivity index (χ1n) is 6.61. The number of amides is 2. The molecule has 0 aromatic heterocycles. The van der Waals surface area contributed by atoms with E-state index in [0.717, 1.165) is 0 Å². The van der Waals surface area contributed by atoms with E-state index in [9.17, 15) is 14.4 Å². The first-order valence-corrected chi connectivity index (χ1v) is 6.61. The van der Waals surface area contributed by atoms with Gasteiger partial charge in [-0.15, -0.1) is 0 Å². The average Bonchev–Trinajstić information content (AvgIpc) is 2.50. The van der Waals surface area contributed by atoms with Crippen molar-refractivity contribution in [3.8, 4) is 0 Å². The number of nitrogens with zero attached hydrogens (tertiary/aromatic N) is 2. The first kappa shape index (κ1) is 16.7. The summed E-state index contributed by atoms with van der Waals surface area (Å²) in [6, 6.07) is 6.80. The maximum Gasteiger partial charge on any atom is 0.325 e. The summed E-state index contributed by atoms with van der Waals surface area (Å²) in [5.74, 6) is -0.972. The molecule has 0 saturated heterocycles. The highest BCUT2D eigenvalue weighted by atomic mass is 16.5. The number of carbonyl (C=O) groups is 3. The number of hydrogen-bond donors (Lipinski definition) is 0. The van der Waals surface area contributed by atoms with Crippen molar-refractivity contribution in [1.29, 1.82) is 0 Å². The molecule has 1 aromatic carbocycles. The van der Waals surface area contributed by atoms with Crippen molar-refractivity contribution in [2.45, 2.75) is 13.8 Å². The Morgan fingerprint density at radius 1 is 1.19 bits per heavy atom. The SMILES string of the molecule is CCN(CC(=O)OC)C(=O)c1ccccc1N(C)C(C)=O. The number of para-hydroxylation sites is 1. The molecule has 6 nitrogen and oxygen atoms in total. The Balaban J connectivity index is 3.11. The van der Waals surface area contributed by atoms with Gasteiger partial charge in [0.25, 0.3) is 5.91 Å². The third kappa shape index (κ3) is 4.05. The predicted molar refractivity (Wildman–Crippen MR) is 79.1 cm³/mol. The van der Waals surface area contributed by atoms with Crippen molar-refractivity contribution in [1.82, 2.24) is 4.90 Å². The molecule has 0 fully saturated rings. The van der Waals surface area contributed by atoms with Crippen LogP contribution in [0.2, 0.25) is 0 Å². The number of hydrogen-bond acceptors (Lipinski definition) is 4. The van der Waals surface area contributed by atoms with E-state index in [1.165, 1.54) is 23.8 Å². The van der Waals surface area contributed by atoms with Crippen LogP contribution < -0.4 is 4.90 Å². The number of carbonyl (C=O) groups excluding carboxylic acids is 3. The largest absolute Gasteiger partial charge is 0.468 e. The fourth-order valence-corrected chi connectivity index (χ4v) is 1.83. The molecule has 0 atom stereocenters. The molecule has 1 rings (SSSR count). The van der Waals surface area contributed by atoms with Crippen LogP contribution in [0.4, 0.5) is 5.69 Å². The zero-order valence-electron chi connectivity index (χ0n) is 12.8. The summed E-state index contributed by atoms with van der Waals surface area (Å²) in [7, 11) is 2.88. The van der Waals surface area contributed by atoms with E-state index in [4.69, 9.17) is 0 Å². The van der Waals surface area contributed by atoms with Gasteiger partial charge >= 0.3 is 5.97 Å². The molecular formula is C15H20N2O4. The summed E-state index contributed by atoms with van der Waals surface area (Å²) < 4.78 is 4.59. The Hall–Kier alpha value is -2.37. The molecule has 0 radical (unpaired) electrons. The third-order valence-corrected chi connectivity index (χ3v) is 3.18. The van der Waals surface area contributed by atoms with Gasteiger partial charge in [0, 0.05) is 20.5 Å². The Bertz CT molecular complexity index is 542. The van der Waals surface area contributed by atoms with Crippen LogP contribution in [0, 0.1) is 0 Å². The number of methoxy groups -OCH3 is 1. The van der Waals surface area contributed by atoms with Gasteiger partial charge in [0.05, 0.1) is 18.4 Å². The van der Waals surface area contributed by atoms with Crippen LogP contribution in [-0.4, -0.2) is 49.9 Å². The molecule has 0 aliphatic rings. The van der Waals surface area contributed by atoms with Gasteiger partial charge in [-0.05, 0) is 19.1 Å². The Morgan fingerprint density at radius 2 is 1.81 bits per heavy atom. The summed E-state index contributed by atoms with van der Waals surface area (Å²) in [5, 5.41) is 0. The van der Waals surface area contributed by atoms with Crippen LogP contribution in [-0.2, 0) is 14.3 Å². The molecule has 114 valence electrons. The number of likely N-dealkylation sites (N-methyl/N-ethyl adjacent to an activating group) is 1. The topological polar surface area (TPSA) is 66.9 Å². The highest BCUT2D eigenvalue weighted by Gasteiger charge is 2.22. The normalized spacial score (nSPS) is 9.90. The van der Waals surface area contributed by atoms with Gasteiger partial charge in [-0.1, -0.05) is 12.1 Å². The summed E-state index contributed by atoms with van der Waals surface area (Å²) in [6.45, 7) is 3.45. The van der Waals surface area contributed by atoms with Gasteiger partial charge in [0.2, 0.25) is 5.91 Å². The second-order valence-electron chi connectivity index (χ2n) is 4.49. The molecular weight excluding hydrogens is 272 g/mol. The summed E-state index contributed by atoms with van der Waals surface area (Å²) in [5.41, 5.74) is 0.888. The number of rotatable bonds is 5. The smallest absolute Gasteiger partial charge is 0.325 e. The Labute approximate surface area is 124 Å². The van der Waals surface area contributed by atoms with Crippen molar-refractivity contribution >= 4 is 23.5 Å². The fourth-order valence-electron chi connectivity index (χ4n) is 1.83. The van der Waals surface area contributed by atoms with Crippen LogP contribution in [0.15, 0.2) is 24.3 Å².